The van der Waals surface area contributed by atoms with Crippen molar-refractivity contribution in [2.24, 2.45) is 0 Å². The van der Waals surface area contributed by atoms with E-state index < -0.39 is 6.04 Å². The standard InChI is InChI=1S/C25H34N2O3/c1-17-8-10-21(11-9-17)15-27(20(4)24(29)26-25(5,6)7)23(28)16-30-22-13-18(2)12-19(3)14-22/h8-14,20H,15-16H2,1-7H3,(H,26,29). The molecule has 0 fully saturated rings. The minimum Gasteiger partial charge on any atom is -0.484 e. The molecule has 5 nitrogen and oxygen atoms in total. The highest BCUT2D eigenvalue weighted by Gasteiger charge is 2.28. The fraction of sp³-hybridized carbons (Fsp3) is 0.440. The fourth-order valence-corrected chi connectivity index (χ4v) is 3.19. The van der Waals surface area contributed by atoms with Gasteiger partial charge in [-0.1, -0.05) is 35.9 Å². The van der Waals surface area contributed by atoms with Gasteiger partial charge in [-0.3, -0.25) is 9.59 Å². The number of hydrogen-bond donors (Lipinski definition) is 1. The lowest BCUT2D eigenvalue weighted by Crippen LogP contribution is -2.53. The van der Waals surface area contributed by atoms with Crippen LogP contribution in [0.3, 0.4) is 0 Å². The van der Waals surface area contributed by atoms with E-state index in [1.807, 2.05) is 77.9 Å². The summed E-state index contributed by atoms with van der Waals surface area (Å²) in [6, 6.07) is 13.2. The summed E-state index contributed by atoms with van der Waals surface area (Å²) in [5.41, 5.74) is 3.89. The molecule has 0 radical (unpaired) electrons. The fourth-order valence-electron chi connectivity index (χ4n) is 3.19. The van der Waals surface area contributed by atoms with Crippen molar-refractivity contribution in [3.63, 3.8) is 0 Å². The predicted octanol–water partition coefficient (Wildman–Crippen LogP) is 4.32. The van der Waals surface area contributed by atoms with Crippen molar-refractivity contribution in [3.8, 4) is 5.75 Å². The van der Waals surface area contributed by atoms with Crippen LogP contribution in [0, 0.1) is 20.8 Å². The van der Waals surface area contributed by atoms with Gasteiger partial charge in [-0.05, 0) is 77.3 Å². The molecule has 1 unspecified atom stereocenters. The van der Waals surface area contributed by atoms with Gasteiger partial charge in [0, 0.05) is 12.1 Å². The zero-order chi connectivity index (χ0) is 22.5. The number of ether oxygens (including phenoxy) is 1. The van der Waals surface area contributed by atoms with Crippen LogP contribution >= 0.6 is 0 Å². The van der Waals surface area contributed by atoms with E-state index in [4.69, 9.17) is 4.74 Å². The molecule has 162 valence electrons. The number of aryl methyl sites for hydroxylation is 3. The summed E-state index contributed by atoms with van der Waals surface area (Å²) in [5, 5.41) is 2.96. The number of carbonyl (C=O) groups excluding carboxylic acids is 2. The Morgan fingerprint density at radius 3 is 2.07 bits per heavy atom. The Bertz CT molecular complexity index is 862. The number of rotatable bonds is 7. The van der Waals surface area contributed by atoms with E-state index >= 15 is 0 Å². The van der Waals surface area contributed by atoms with Gasteiger partial charge in [0.05, 0.1) is 0 Å². The molecule has 0 spiro atoms. The SMILES string of the molecule is Cc1ccc(CN(C(=O)COc2cc(C)cc(C)c2)C(C)C(=O)NC(C)(C)C)cc1. The van der Waals surface area contributed by atoms with Crippen LogP contribution in [0.25, 0.3) is 0 Å². The number of benzene rings is 2. The highest BCUT2D eigenvalue weighted by atomic mass is 16.5. The smallest absolute Gasteiger partial charge is 0.261 e. The van der Waals surface area contributed by atoms with Crippen molar-refractivity contribution in [1.82, 2.24) is 10.2 Å². The summed E-state index contributed by atoms with van der Waals surface area (Å²) in [6.07, 6.45) is 0. The molecule has 0 heterocycles. The van der Waals surface area contributed by atoms with E-state index in [0.717, 1.165) is 22.3 Å². The molecule has 2 aromatic rings. The normalized spacial score (nSPS) is 12.2. The summed E-state index contributed by atoms with van der Waals surface area (Å²) >= 11 is 0. The second kappa shape index (κ2) is 9.79. The molecule has 2 rings (SSSR count). The van der Waals surface area contributed by atoms with Gasteiger partial charge < -0.3 is 15.0 Å². The molecule has 2 aromatic carbocycles. The van der Waals surface area contributed by atoms with Crippen molar-refractivity contribution in [2.75, 3.05) is 6.61 Å². The molecular weight excluding hydrogens is 376 g/mol. The predicted molar refractivity (Wildman–Crippen MR) is 120 cm³/mol. The Kier molecular flexibility index (Phi) is 7.65. The maximum absolute atomic E-state index is 13.1. The molecule has 2 amide bonds. The summed E-state index contributed by atoms with van der Waals surface area (Å²) in [4.78, 5) is 27.4. The molecule has 5 heteroatoms. The third-order valence-electron chi connectivity index (χ3n) is 4.70. The van der Waals surface area contributed by atoms with Gasteiger partial charge >= 0.3 is 0 Å². The molecule has 1 atom stereocenters. The Balaban J connectivity index is 2.18. The van der Waals surface area contributed by atoms with Crippen molar-refractivity contribution in [2.45, 2.75) is 66.6 Å². The molecule has 0 saturated carbocycles. The number of nitrogens with one attached hydrogen (secondary N) is 1. The van der Waals surface area contributed by atoms with E-state index in [2.05, 4.69) is 11.4 Å². The summed E-state index contributed by atoms with van der Waals surface area (Å²) < 4.78 is 5.78. The first-order valence-electron chi connectivity index (χ1n) is 10.3. The van der Waals surface area contributed by atoms with E-state index in [-0.39, 0.29) is 24.0 Å². The van der Waals surface area contributed by atoms with Gasteiger partial charge in [0.2, 0.25) is 5.91 Å². The Hall–Kier alpha value is -2.82. The van der Waals surface area contributed by atoms with Crippen LogP contribution in [-0.4, -0.2) is 34.9 Å². The van der Waals surface area contributed by atoms with Crippen molar-refractivity contribution < 1.29 is 14.3 Å². The second-order valence-electron chi connectivity index (χ2n) is 9.03. The van der Waals surface area contributed by atoms with Gasteiger partial charge in [0.25, 0.3) is 5.91 Å². The van der Waals surface area contributed by atoms with Crippen LogP contribution in [0.5, 0.6) is 5.75 Å². The molecule has 0 saturated heterocycles. The molecule has 0 bridgehead atoms. The van der Waals surface area contributed by atoms with E-state index in [9.17, 15) is 9.59 Å². The minimum absolute atomic E-state index is 0.123. The van der Waals surface area contributed by atoms with Gasteiger partial charge in [0.1, 0.15) is 11.8 Å². The highest BCUT2D eigenvalue weighted by Crippen LogP contribution is 2.17. The van der Waals surface area contributed by atoms with Gasteiger partial charge in [-0.15, -0.1) is 0 Å². The topological polar surface area (TPSA) is 58.6 Å². The average Bonchev–Trinajstić information content (AvgIpc) is 2.63. The Morgan fingerprint density at radius 1 is 0.967 bits per heavy atom. The second-order valence-corrected chi connectivity index (χ2v) is 9.03. The molecule has 0 aromatic heterocycles. The maximum atomic E-state index is 13.1. The quantitative estimate of drug-likeness (QED) is 0.739. The van der Waals surface area contributed by atoms with E-state index in [0.29, 0.717) is 12.3 Å². The monoisotopic (exact) mass is 410 g/mol. The lowest BCUT2D eigenvalue weighted by molar-refractivity contribution is -0.142. The van der Waals surface area contributed by atoms with Crippen molar-refractivity contribution in [1.29, 1.82) is 0 Å². The number of hydrogen-bond acceptors (Lipinski definition) is 3. The Morgan fingerprint density at radius 2 is 1.53 bits per heavy atom. The summed E-state index contributed by atoms with van der Waals surface area (Å²) in [6.45, 7) is 13.7. The molecule has 0 aliphatic rings. The molecule has 30 heavy (non-hydrogen) atoms. The van der Waals surface area contributed by atoms with Crippen LogP contribution in [-0.2, 0) is 16.1 Å². The minimum atomic E-state index is -0.624. The third kappa shape index (κ3) is 7.21. The molecule has 0 aliphatic carbocycles. The van der Waals surface area contributed by atoms with Gasteiger partial charge in [-0.25, -0.2) is 0 Å². The third-order valence-corrected chi connectivity index (χ3v) is 4.70. The first-order valence-corrected chi connectivity index (χ1v) is 10.3. The van der Waals surface area contributed by atoms with Crippen LogP contribution < -0.4 is 10.1 Å². The lowest BCUT2D eigenvalue weighted by Gasteiger charge is -2.31. The zero-order valence-electron chi connectivity index (χ0n) is 19.2. The zero-order valence-corrected chi connectivity index (χ0v) is 19.2. The molecular formula is C25H34N2O3. The highest BCUT2D eigenvalue weighted by molar-refractivity contribution is 5.88. The Labute approximate surface area is 180 Å². The van der Waals surface area contributed by atoms with Crippen LogP contribution in [0.4, 0.5) is 0 Å². The van der Waals surface area contributed by atoms with Crippen LogP contribution in [0.15, 0.2) is 42.5 Å². The van der Waals surface area contributed by atoms with Crippen molar-refractivity contribution in [3.05, 3.63) is 64.7 Å². The first-order chi connectivity index (χ1) is 13.9. The number of nitrogens with zero attached hydrogens (tertiary/aromatic N) is 1. The van der Waals surface area contributed by atoms with Gasteiger partial charge in [-0.2, -0.15) is 0 Å². The van der Waals surface area contributed by atoms with Crippen molar-refractivity contribution >= 4 is 11.8 Å². The average molecular weight is 411 g/mol. The van der Waals surface area contributed by atoms with Gasteiger partial charge in [0.15, 0.2) is 6.61 Å². The van der Waals surface area contributed by atoms with Crippen LogP contribution in [0.1, 0.15) is 49.9 Å². The number of amides is 2. The largest absolute Gasteiger partial charge is 0.484 e. The lowest BCUT2D eigenvalue weighted by atomic mass is 10.1. The summed E-state index contributed by atoms with van der Waals surface area (Å²) in [5.74, 6) is 0.239. The molecule has 0 aliphatic heterocycles. The summed E-state index contributed by atoms with van der Waals surface area (Å²) in [7, 11) is 0. The van der Waals surface area contributed by atoms with E-state index in [1.165, 1.54) is 0 Å². The molecule has 1 N–H and O–H groups in total. The van der Waals surface area contributed by atoms with Crippen LogP contribution in [0.2, 0.25) is 0 Å². The van der Waals surface area contributed by atoms with E-state index in [1.54, 1.807) is 11.8 Å². The number of carbonyl (C=O) groups is 2. The maximum Gasteiger partial charge on any atom is 0.261 e. The first kappa shape index (κ1) is 23.5.